The number of amides is 1. The minimum Gasteiger partial charge on any atom is -0.498 e. The quantitative estimate of drug-likeness (QED) is 0.855. The smallest absolute Gasteiger partial charge is 0.252 e. The first-order valence-corrected chi connectivity index (χ1v) is 7.73. The van der Waals surface area contributed by atoms with Crippen LogP contribution >= 0.6 is 0 Å². The second-order valence-corrected chi connectivity index (χ2v) is 6.07. The second-order valence-electron chi connectivity index (χ2n) is 6.07. The zero-order chi connectivity index (χ0) is 14.8. The SMILES string of the molecule is CC1=C(C(=O)N(C)CC2CCc3nccn3C2)CCCO1. The molecule has 0 saturated heterocycles. The number of likely N-dealkylation sites (N-methyl/N-ethyl adjacent to an activating group) is 1. The van der Waals surface area contributed by atoms with Crippen LogP contribution in [0.3, 0.4) is 0 Å². The predicted molar refractivity (Wildman–Crippen MR) is 79.6 cm³/mol. The van der Waals surface area contributed by atoms with Crippen LogP contribution in [0.2, 0.25) is 0 Å². The van der Waals surface area contributed by atoms with E-state index >= 15 is 0 Å². The van der Waals surface area contributed by atoms with Crippen molar-refractivity contribution in [1.29, 1.82) is 0 Å². The van der Waals surface area contributed by atoms with Gasteiger partial charge in [-0.05, 0) is 32.1 Å². The molecule has 5 heteroatoms. The summed E-state index contributed by atoms with van der Waals surface area (Å²) in [6, 6.07) is 0. The number of nitrogens with zero attached hydrogens (tertiary/aromatic N) is 3. The van der Waals surface area contributed by atoms with Crippen molar-refractivity contribution in [3.63, 3.8) is 0 Å². The lowest BCUT2D eigenvalue weighted by molar-refractivity contribution is -0.127. The average Bonchev–Trinajstić information content (AvgIpc) is 2.94. The Labute approximate surface area is 125 Å². The van der Waals surface area contributed by atoms with Gasteiger partial charge in [0.1, 0.15) is 11.6 Å². The molecule has 0 fully saturated rings. The monoisotopic (exact) mass is 289 g/mol. The summed E-state index contributed by atoms with van der Waals surface area (Å²) in [6.07, 6.45) is 7.78. The van der Waals surface area contributed by atoms with Gasteiger partial charge in [-0.3, -0.25) is 4.79 Å². The molecule has 114 valence electrons. The van der Waals surface area contributed by atoms with Crippen LogP contribution in [0.15, 0.2) is 23.7 Å². The van der Waals surface area contributed by atoms with Crippen molar-refractivity contribution in [3.05, 3.63) is 29.6 Å². The molecule has 1 atom stereocenters. The molecule has 0 N–H and O–H groups in total. The van der Waals surface area contributed by atoms with Crippen molar-refractivity contribution in [1.82, 2.24) is 14.5 Å². The van der Waals surface area contributed by atoms with Gasteiger partial charge in [-0.2, -0.15) is 0 Å². The number of carbonyl (C=O) groups is 1. The van der Waals surface area contributed by atoms with Gasteiger partial charge in [-0.1, -0.05) is 0 Å². The van der Waals surface area contributed by atoms with Crippen LogP contribution in [0.4, 0.5) is 0 Å². The number of imidazole rings is 1. The van der Waals surface area contributed by atoms with Crippen molar-refractivity contribution in [2.45, 2.75) is 39.2 Å². The Kier molecular flexibility index (Phi) is 3.99. The molecule has 0 bridgehead atoms. The molecule has 2 aliphatic rings. The van der Waals surface area contributed by atoms with Crippen LogP contribution < -0.4 is 0 Å². The van der Waals surface area contributed by atoms with Gasteiger partial charge >= 0.3 is 0 Å². The molecule has 0 radical (unpaired) electrons. The van der Waals surface area contributed by atoms with Gasteiger partial charge in [0.25, 0.3) is 5.91 Å². The molecule has 1 aromatic rings. The molecule has 0 aliphatic carbocycles. The van der Waals surface area contributed by atoms with E-state index in [-0.39, 0.29) is 5.91 Å². The predicted octanol–water partition coefficient (Wildman–Crippen LogP) is 1.99. The molecule has 5 nitrogen and oxygen atoms in total. The van der Waals surface area contributed by atoms with E-state index < -0.39 is 0 Å². The largest absolute Gasteiger partial charge is 0.498 e. The summed E-state index contributed by atoms with van der Waals surface area (Å²) < 4.78 is 7.72. The van der Waals surface area contributed by atoms with Gasteiger partial charge in [0.15, 0.2) is 0 Å². The number of hydrogen-bond donors (Lipinski definition) is 0. The summed E-state index contributed by atoms with van der Waals surface area (Å²) in [6.45, 7) is 4.39. The van der Waals surface area contributed by atoms with Crippen LogP contribution in [-0.4, -0.2) is 40.6 Å². The maximum absolute atomic E-state index is 12.5. The van der Waals surface area contributed by atoms with Crippen molar-refractivity contribution in [2.24, 2.45) is 5.92 Å². The Balaban J connectivity index is 1.62. The number of hydrogen-bond acceptors (Lipinski definition) is 3. The van der Waals surface area contributed by atoms with E-state index in [1.807, 2.05) is 31.3 Å². The van der Waals surface area contributed by atoms with Crippen molar-refractivity contribution < 1.29 is 9.53 Å². The minimum absolute atomic E-state index is 0.128. The highest BCUT2D eigenvalue weighted by Gasteiger charge is 2.25. The first-order chi connectivity index (χ1) is 10.1. The van der Waals surface area contributed by atoms with Gasteiger partial charge in [0.05, 0.1) is 12.2 Å². The van der Waals surface area contributed by atoms with Crippen LogP contribution in [0.5, 0.6) is 0 Å². The van der Waals surface area contributed by atoms with E-state index in [2.05, 4.69) is 9.55 Å². The van der Waals surface area contributed by atoms with Gasteiger partial charge in [0, 0.05) is 39.0 Å². The highest BCUT2D eigenvalue weighted by atomic mass is 16.5. The average molecular weight is 289 g/mol. The summed E-state index contributed by atoms with van der Waals surface area (Å²) in [5.41, 5.74) is 0.850. The molecule has 0 aromatic carbocycles. The van der Waals surface area contributed by atoms with Crippen LogP contribution in [0.1, 0.15) is 32.0 Å². The molecule has 0 spiro atoms. The Morgan fingerprint density at radius 1 is 1.52 bits per heavy atom. The Morgan fingerprint density at radius 2 is 2.38 bits per heavy atom. The van der Waals surface area contributed by atoms with Gasteiger partial charge in [-0.15, -0.1) is 0 Å². The lowest BCUT2D eigenvalue weighted by Crippen LogP contribution is -2.37. The molecule has 3 heterocycles. The maximum Gasteiger partial charge on any atom is 0.252 e. The second kappa shape index (κ2) is 5.92. The molecule has 3 rings (SSSR count). The fourth-order valence-electron chi connectivity index (χ4n) is 3.28. The number of aryl methyl sites for hydroxylation is 1. The fourth-order valence-corrected chi connectivity index (χ4v) is 3.28. The van der Waals surface area contributed by atoms with Crippen LogP contribution in [0, 0.1) is 5.92 Å². The van der Waals surface area contributed by atoms with Crippen LogP contribution in [-0.2, 0) is 22.5 Å². The van der Waals surface area contributed by atoms with Crippen molar-refractivity contribution in [3.8, 4) is 0 Å². The van der Waals surface area contributed by atoms with E-state index in [1.165, 1.54) is 5.82 Å². The van der Waals surface area contributed by atoms with Gasteiger partial charge in [-0.25, -0.2) is 4.98 Å². The number of aromatic nitrogens is 2. The number of ether oxygens (including phenoxy) is 1. The van der Waals surface area contributed by atoms with E-state index in [0.717, 1.165) is 56.7 Å². The third kappa shape index (κ3) is 2.96. The number of rotatable bonds is 3. The van der Waals surface area contributed by atoms with Crippen molar-refractivity contribution in [2.75, 3.05) is 20.2 Å². The Hall–Kier alpha value is -1.78. The molecule has 0 saturated carbocycles. The third-order valence-corrected chi connectivity index (χ3v) is 4.48. The molecule has 1 amide bonds. The van der Waals surface area contributed by atoms with Gasteiger partial charge in [0.2, 0.25) is 0 Å². The minimum atomic E-state index is 0.128. The molecule has 1 unspecified atom stereocenters. The van der Waals surface area contributed by atoms with Crippen LogP contribution in [0.25, 0.3) is 0 Å². The van der Waals surface area contributed by atoms with Crippen molar-refractivity contribution >= 4 is 5.91 Å². The topological polar surface area (TPSA) is 47.4 Å². The third-order valence-electron chi connectivity index (χ3n) is 4.48. The lowest BCUT2D eigenvalue weighted by atomic mass is 9.98. The summed E-state index contributed by atoms with van der Waals surface area (Å²) in [5.74, 6) is 2.60. The lowest BCUT2D eigenvalue weighted by Gasteiger charge is -2.29. The fraction of sp³-hybridized carbons (Fsp3) is 0.625. The number of carbonyl (C=O) groups excluding carboxylic acids is 1. The summed E-state index contributed by atoms with van der Waals surface area (Å²) in [4.78, 5) is 18.8. The number of fused-ring (bicyclic) bond motifs is 1. The maximum atomic E-state index is 12.5. The Morgan fingerprint density at radius 3 is 3.19 bits per heavy atom. The highest BCUT2D eigenvalue weighted by molar-refractivity contribution is 5.93. The van der Waals surface area contributed by atoms with Gasteiger partial charge < -0.3 is 14.2 Å². The zero-order valence-corrected chi connectivity index (χ0v) is 12.8. The normalized spacial score (nSPS) is 21.7. The molecular formula is C16H23N3O2. The summed E-state index contributed by atoms with van der Waals surface area (Å²) in [7, 11) is 1.90. The Bertz CT molecular complexity index is 562. The summed E-state index contributed by atoms with van der Waals surface area (Å²) >= 11 is 0. The molecule has 2 aliphatic heterocycles. The molecule has 1 aromatic heterocycles. The van der Waals surface area contributed by atoms with E-state index in [1.54, 1.807) is 0 Å². The first kappa shape index (κ1) is 14.2. The van der Waals surface area contributed by atoms with E-state index in [9.17, 15) is 4.79 Å². The molecular weight excluding hydrogens is 266 g/mol. The van der Waals surface area contributed by atoms with E-state index in [4.69, 9.17) is 4.74 Å². The number of allylic oxidation sites excluding steroid dienone is 1. The first-order valence-electron chi connectivity index (χ1n) is 7.73. The summed E-state index contributed by atoms with van der Waals surface area (Å²) in [5, 5.41) is 0. The van der Waals surface area contributed by atoms with E-state index in [0.29, 0.717) is 5.92 Å². The highest BCUT2D eigenvalue weighted by Crippen LogP contribution is 2.23. The standard InChI is InChI=1S/C16H23N3O2/c1-12-14(4-3-9-21-12)16(20)18(2)10-13-5-6-15-17-7-8-19(15)11-13/h7-8,13H,3-6,9-11H2,1-2H3. The zero-order valence-electron chi connectivity index (χ0n) is 12.8. The molecule has 21 heavy (non-hydrogen) atoms.